The molecule has 2 N–H and O–H groups in total. The van der Waals surface area contributed by atoms with Crippen LogP contribution in [0.3, 0.4) is 0 Å². The summed E-state index contributed by atoms with van der Waals surface area (Å²) in [5.41, 5.74) is 0.509. The molecule has 0 saturated carbocycles. The molecule has 7 heteroatoms. The number of esters is 1. The number of nitrogens with one attached hydrogen (secondary N) is 1. The van der Waals surface area contributed by atoms with Crippen molar-refractivity contribution in [1.82, 2.24) is 4.98 Å². The number of thiophene rings is 1. The zero-order valence-corrected chi connectivity index (χ0v) is 13.9. The zero-order chi connectivity index (χ0) is 17.3. The molecule has 0 fully saturated rings. The Bertz CT molecular complexity index is 956. The number of carbonyl (C=O) groups excluding carboxylic acids is 1. The lowest BCUT2D eigenvalue weighted by molar-refractivity contribution is 0.0521. The van der Waals surface area contributed by atoms with E-state index >= 15 is 0 Å². The molecule has 3 rings (SSSR count). The van der Waals surface area contributed by atoms with E-state index in [1.54, 1.807) is 26.2 Å². The molecule has 0 unspecified atom stereocenters. The Morgan fingerprint density at radius 1 is 1.29 bits per heavy atom. The lowest BCUT2D eigenvalue weighted by atomic mass is 10.0. The quantitative estimate of drug-likeness (QED) is 0.709. The zero-order valence-electron chi connectivity index (χ0n) is 13.1. The molecule has 0 radical (unpaired) electrons. The maximum Gasteiger partial charge on any atom is 0.347 e. The van der Waals surface area contributed by atoms with Crippen LogP contribution in [0.1, 0.15) is 17.3 Å². The van der Waals surface area contributed by atoms with Crippen LogP contribution in [0.2, 0.25) is 0 Å². The highest BCUT2D eigenvalue weighted by atomic mass is 32.1. The first-order valence-corrected chi connectivity index (χ1v) is 8.12. The van der Waals surface area contributed by atoms with Crippen LogP contribution < -0.4 is 10.3 Å². The molecule has 0 aliphatic rings. The number of carbonyl (C=O) groups is 1. The molecule has 3 aromatic rings. The van der Waals surface area contributed by atoms with Gasteiger partial charge in [0.2, 0.25) is 0 Å². The number of methoxy groups -OCH3 is 1. The molecule has 0 bridgehead atoms. The largest absolute Gasteiger partial charge is 0.506 e. The Morgan fingerprint density at radius 3 is 2.62 bits per heavy atom. The van der Waals surface area contributed by atoms with Gasteiger partial charge in [-0.25, -0.2) is 4.79 Å². The van der Waals surface area contributed by atoms with E-state index in [0.717, 1.165) is 11.1 Å². The van der Waals surface area contributed by atoms with Crippen molar-refractivity contribution in [2.45, 2.75) is 6.92 Å². The number of rotatable bonds is 4. The summed E-state index contributed by atoms with van der Waals surface area (Å²) in [5.74, 6) is -0.493. The van der Waals surface area contributed by atoms with E-state index in [-0.39, 0.29) is 17.9 Å². The van der Waals surface area contributed by atoms with Gasteiger partial charge in [-0.1, -0.05) is 12.1 Å². The standard InChI is InChI=1S/C17H15NO5S/c1-3-23-17(21)13-14(19)12-11(8-24-16(12)18-15(13)20)9-4-6-10(22-2)7-5-9/h4-8H,3H2,1-2H3,(H2,18,19,20). The van der Waals surface area contributed by atoms with Gasteiger partial charge in [0.25, 0.3) is 5.56 Å². The van der Waals surface area contributed by atoms with Crippen LogP contribution in [0.4, 0.5) is 0 Å². The second-order valence-electron chi connectivity index (χ2n) is 4.98. The monoisotopic (exact) mass is 345 g/mol. The molecule has 0 spiro atoms. The molecular formula is C17H15NO5S. The van der Waals surface area contributed by atoms with Crippen molar-refractivity contribution in [3.8, 4) is 22.6 Å². The van der Waals surface area contributed by atoms with Crippen molar-refractivity contribution in [1.29, 1.82) is 0 Å². The molecule has 1 aromatic carbocycles. The fraction of sp³-hybridized carbons (Fsp3) is 0.176. The van der Waals surface area contributed by atoms with Crippen LogP contribution in [0.5, 0.6) is 11.5 Å². The van der Waals surface area contributed by atoms with E-state index in [1.807, 2.05) is 17.5 Å². The van der Waals surface area contributed by atoms with Crippen molar-refractivity contribution in [2.24, 2.45) is 0 Å². The Hall–Kier alpha value is -2.80. The molecule has 2 heterocycles. The van der Waals surface area contributed by atoms with Gasteiger partial charge < -0.3 is 19.6 Å². The Morgan fingerprint density at radius 2 is 2.00 bits per heavy atom. The fourth-order valence-corrected chi connectivity index (χ4v) is 3.42. The van der Waals surface area contributed by atoms with Crippen LogP contribution in [0.25, 0.3) is 21.3 Å². The number of H-pyrrole nitrogens is 1. The van der Waals surface area contributed by atoms with E-state index in [9.17, 15) is 14.7 Å². The summed E-state index contributed by atoms with van der Waals surface area (Å²) < 4.78 is 9.99. The first-order valence-electron chi connectivity index (χ1n) is 7.24. The van der Waals surface area contributed by atoms with E-state index in [4.69, 9.17) is 9.47 Å². The average Bonchev–Trinajstić information content (AvgIpc) is 2.99. The van der Waals surface area contributed by atoms with Crippen molar-refractivity contribution in [2.75, 3.05) is 13.7 Å². The van der Waals surface area contributed by atoms with Crippen molar-refractivity contribution >= 4 is 27.5 Å². The van der Waals surface area contributed by atoms with E-state index in [2.05, 4.69) is 4.98 Å². The first-order chi connectivity index (χ1) is 11.6. The minimum absolute atomic E-state index is 0.116. The van der Waals surface area contributed by atoms with Gasteiger partial charge >= 0.3 is 5.97 Å². The second kappa shape index (κ2) is 6.37. The van der Waals surface area contributed by atoms with Crippen LogP contribution in [0, 0.1) is 0 Å². The number of aromatic nitrogens is 1. The molecule has 0 aliphatic carbocycles. The molecular weight excluding hydrogens is 330 g/mol. The van der Waals surface area contributed by atoms with Gasteiger partial charge in [0, 0.05) is 10.9 Å². The lowest BCUT2D eigenvalue weighted by Crippen LogP contribution is -2.19. The molecule has 0 aliphatic heterocycles. The van der Waals surface area contributed by atoms with Crippen LogP contribution in [-0.4, -0.2) is 29.8 Å². The third kappa shape index (κ3) is 2.63. The van der Waals surface area contributed by atoms with Crippen molar-refractivity contribution in [3.05, 3.63) is 45.6 Å². The van der Waals surface area contributed by atoms with Crippen LogP contribution in [-0.2, 0) is 4.74 Å². The molecule has 0 saturated heterocycles. The topological polar surface area (TPSA) is 88.6 Å². The van der Waals surface area contributed by atoms with Gasteiger partial charge in [-0.05, 0) is 24.6 Å². The maximum absolute atomic E-state index is 12.1. The minimum Gasteiger partial charge on any atom is -0.506 e. The highest BCUT2D eigenvalue weighted by molar-refractivity contribution is 7.17. The lowest BCUT2D eigenvalue weighted by Gasteiger charge is -2.07. The third-order valence-electron chi connectivity index (χ3n) is 3.60. The molecule has 0 atom stereocenters. The van der Waals surface area contributed by atoms with Gasteiger partial charge in [0.15, 0.2) is 5.56 Å². The minimum atomic E-state index is -0.843. The highest BCUT2D eigenvalue weighted by Gasteiger charge is 2.23. The second-order valence-corrected chi connectivity index (χ2v) is 5.86. The first kappa shape index (κ1) is 16.1. The average molecular weight is 345 g/mol. The maximum atomic E-state index is 12.1. The SMILES string of the molecule is CCOC(=O)c1c(O)c2c(-c3ccc(OC)cc3)csc2[nH]c1=O. The van der Waals surface area contributed by atoms with Gasteiger partial charge in [-0.3, -0.25) is 4.79 Å². The number of hydrogen-bond acceptors (Lipinski definition) is 6. The number of aromatic hydroxyl groups is 1. The number of benzene rings is 1. The van der Waals surface area contributed by atoms with Gasteiger partial charge in [-0.15, -0.1) is 11.3 Å². The number of aromatic amines is 1. The van der Waals surface area contributed by atoms with E-state index in [1.165, 1.54) is 11.3 Å². The van der Waals surface area contributed by atoms with Gasteiger partial charge in [-0.2, -0.15) is 0 Å². The van der Waals surface area contributed by atoms with Crippen molar-refractivity contribution < 1.29 is 19.4 Å². The third-order valence-corrected chi connectivity index (χ3v) is 4.49. The molecule has 0 amide bonds. The van der Waals surface area contributed by atoms with Crippen molar-refractivity contribution in [3.63, 3.8) is 0 Å². The molecule has 24 heavy (non-hydrogen) atoms. The number of fused-ring (bicyclic) bond motifs is 1. The summed E-state index contributed by atoms with van der Waals surface area (Å²) in [4.78, 5) is 27.2. The Kier molecular flexibility index (Phi) is 4.26. The molecule has 2 aromatic heterocycles. The van der Waals surface area contributed by atoms with Gasteiger partial charge in [0.05, 0.1) is 19.1 Å². The Balaban J connectivity index is 2.21. The highest BCUT2D eigenvalue weighted by Crippen LogP contribution is 2.39. The number of ether oxygens (including phenoxy) is 2. The molecule has 6 nitrogen and oxygen atoms in total. The summed E-state index contributed by atoms with van der Waals surface area (Å²) in [6.45, 7) is 1.75. The van der Waals surface area contributed by atoms with E-state index in [0.29, 0.717) is 16.0 Å². The summed E-state index contributed by atoms with van der Waals surface area (Å²) in [7, 11) is 1.58. The normalized spacial score (nSPS) is 10.8. The Labute approximate surface area is 141 Å². The summed E-state index contributed by atoms with van der Waals surface area (Å²) in [6, 6.07) is 7.28. The number of hydrogen-bond donors (Lipinski definition) is 2. The van der Waals surface area contributed by atoms with Crippen LogP contribution >= 0.6 is 11.3 Å². The van der Waals surface area contributed by atoms with Gasteiger partial charge in [0.1, 0.15) is 16.3 Å². The predicted octanol–water partition coefficient (Wildman–Crippen LogP) is 3.15. The fourth-order valence-electron chi connectivity index (χ4n) is 2.46. The number of pyridine rings is 1. The summed E-state index contributed by atoms with van der Waals surface area (Å²) in [5, 5.41) is 12.8. The van der Waals surface area contributed by atoms with Crippen LogP contribution in [0.15, 0.2) is 34.4 Å². The summed E-state index contributed by atoms with van der Waals surface area (Å²) in [6.07, 6.45) is 0. The molecule has 124 valence electrons. The summed E-state index contributed by atoms with van der Waals surface area (Å²) >= 11 is 1.28. The van der Waals surface area contributed by atoms with E-state index < -0.39 is 11.5 Å². The smallest absolute Gasteiger partial charge is 0.347 e. The predicted molar refractivity (Wildman–Crippen MR) is 92.1 cm³/mol.